The highest BCUT2D eigenvalue weighted by atomic mass is 16.2. The van der Waals surface area contributed by atoms with Gasteiger partial charge in [0, 0.05) is 17.8 Å². The van der Waals surface area contributed by atoms with Gasteiger partial charge in [0.1, 0.15) is 0 Å². The third-order valence-electron chi connectivity index (χ3n) is 2.62. The van der Waals surface area contributed by atoms with E-state index in [1.165, 1.54) is 4.90 Å². The average Bonchev–Trinajstić information content (AvgIpc) is 2.28. The summed E-state index contributed by atoms with van der Waals surface area (Å²) in [5, 5.41) is 0. The molecule has 1 aromatic carbocycles. The standard InChI is InChI=1S/C12H17N3O2/c1-3-15(7-11(14)16)12(17)9-5-4-6-10(13)8(9)2/h4-6H,3,7,13H2,1-2H3,(H2,14,16). The van der Waals surface area contributed by atoms with Gasteiger partial charge in [-0.3, -0.25) is 9.59 Å². The van der Waals surface area contributed by atoms with Crippen LogP contribution in [-0.2, 0) is 4.79 Å². The van der Waals surface area contributed by atoms with Crippen LogP contribution in [0, 0.1) is 6.92 Å². The number of nitrogen functional groups attached to an aromatic ring is 1. The molecule has 92 valence electrons. The molecule has 0 fully saturated rings. The maximum atomic E-state index is 12.1. The second-order valence-corrected chi connectivity index (χ2v) is 3.81. The maximum Gasteiger partial charge on any atom is 0.254 e. The molecule has 0 radical (unpaired) electrons. The lowest BCUT2D eigenvalue weighted by Gasteiger charge is -2.20. The molecule has 2 amide bonds. The molecular weight excluding hydrogens is 218 g/mol. The number of nitrogens with zero attached hydrogens (tertiary/aromatic N) is 1. The van der Waals surface area contributed by atoms with E-state index in [0.717, 1.165) is 5.56 Å². The molecule has 0 saturated heterocycles. The summed E-state index contributed by atoms with van der Waals surface area (Å²) in [4.78, 5) is 24.4. The van der Waals surface area contributed by atoms with Crippen molar-refractivity contribution in [1.29, 1.82) is 0 Å². The minimum absolute atomic E-state index is 0.0798. The molecule has 0 bridgehead atoms. The Morgan fingerprint density at radius 3 is 2.53 bits per heavy atom. The van der Waals surface area contributed by atoms with Crippen molar-refractivity contribution in [2.24, 2.45) is 5.73 Å². The first-order valence-corrected chi connectivity index (χ1v) is 5.40. The summed E-state index contributed by atoms with van der Waals surface area (Å²) in [6.07, 6.45) is 0. The van der Waals surface area contributed by atoms with Gasteiger partial charge < -0.3 is 16.4 Å². The van der Waals surface area contributed by atoms with Gasteiger partial charge in [-0.1, -0.05) is 6.07 Å². The van der Waals surface area contributed by atoms with Gasteiger partial charge in [0.25, 0.3) is 5.91 Å². The SMILES string of the molecule is CCN(CC(N)=O)C(=O)c1cccc(N)c1C. The number of benzene rings is 1. The maximum absolute atomic E-state index is 12.1. The molecule has 0 spiro atoms. The smallest absolute Gasteiger partial charge is 0.254 e. The fourth-order valence-electron chi connectivity index (χ4n) is 1.57. The molecule has 0 aliphatic carbocycles. The van der Waals surface area contributed by atoms with E-state index >= 15 is 0 Å². The van der Waals surface area contributed by atoms with Crippen LogP contribution >= 0.6 is 0 Å². The number of carbonyl (C=O) groups excluding carboxylic acids is 2. The van der Waals surface area contributed by atoms with Gasteiger partial charge in [-0.2, -0.15) is 0 Å². The zero-order valence-corrected chi connectivity index (χ0v) is 10.1. The molecular formula is C12H17N3O2. The monoisotopic (exact) mass is 235 g/mol. The van der Waals surface area contributed by atoms with Crippen molar-refractivity contribution in [2.45, 2.75) is 13.8 Å². The van der Waals surface area contributed by atoms with Gasteiger partial charge in [-0.25, -0.2) is 0 Å². The molecule has 5 nitrogen and oxygen atoms in total. The number of anilines is 1. The van der Waals surface area contributed by atoms with Crippen LogP contribution in [0.15, 0.2) is 18.2 Å². The van der Waals surface area contributed by atoms with Gasteiger partial charge >= 0.3 is 0 Å². The summed E-state index contributed by atoms with van der Waals surface area (Å²) in [6, 6.07) is 5.14. The number of primary amides is 1. The average molecular weight is 235 g/mol. The summed E-state index contributed by atoms with van der Waals surface area (Å²) in [5.41, 5.74) is 12.6. The van der Waals surface area contributed by atoms with Crippen molar-refractivity contribution >= 4 is 17.5 Å². The summed E-state index contributed by atoms with van der Waals surface area (Å²) < 4.78 is 0. The molecule has 1 aromatic rings. The van der Waals surface area contributed by atoms with Gasteiger partial charge in [0.2, 0.25) is 5.91 Å². The summed E-state index contributed by atoms with van der Waals surface area (Å²) in [5.74, 6) is -0.752. The Kier molecular flexibility index (Phi) is 4.09. The largest absolute Gasteiger partial charge is 0.398 e. The van der Waals surface area contributed by atoms with Gasteiger partial charge in [-0.15, -0.1) is 0 Å². The molecule has 0 unspecified atom stereocenters. The number of likely N-dealkylation sites (N-methyl/N-ethyl adjacent to an activating group) is 1. The molecule has 4 N–H and O–H groups in total. The lowest BCUT2D eigenvalue weighted by atomic mass is 10.1. The topological polar surface area (TPSA) is 89.4 Å². The molecule has 5 heteroatoms. The Bertz CT molecular complexity index is 443. The Hall–Kier alpha value is -2.04. The Labute approximate surface area is 100 Å². The minimum atomic E-state index is -0.526. The quantitative estimate of drug-likeness (QED) is 0.746. The fourth-order valence-corrected chi connectivity index (χ4v) is 1.57. The van der Waals surface area contributed by atoms with E-state index in [1.54, 1.807) is 32.0 Å². The van der Waals surface area contributed by atoms with E-state index in [4.69, 9.17) is 11.5 Å². The predicted molar refractivity (Wildman–Crippen MR) is 66.4 cm³/mol. The van der Waals surface area contributed by atoms with Crippen LogP contribution in [0.2, 0.25) is 0 Å². The minimum Gasteiger partial charge on any atom is -0.398 e. The molecule has 0 aromatic heterocycles. The summed E-state index contributed by atoms with van der Waals surface area (Å²) >= 11 is 0. The van der Waals surface area contributed by atoms with Crippen molar-refractivity contribution in [1.82, 2.24) is 4.90 Å². The van der Waals surface area contributed by atoms with Crippen molar-refractivity contribution in [2.75, 3.05) is 18.8 Å². The van der Waals surface area contributed by atoms with Crippen LogP contribution < -0.4 is 11.5 Å². The number of carbonyl (C=O) groups is 2. The highest BCUT2D eigenvalue weighted by Gasteiger charge is 2.18. The number of rotatable bonds is 4. The first-order chi connectivity index (χ1) is 7.97. The molecule has 1 rings (SSSR count). The van der Waals surface area contributed by atoms with Crippen molar-refractivity contribution in [3.63, 3.8) is 0 Å². The van der Waals surface area contributed by atoms with Crippen molar-refractivity contribution < 1.29 is 9.59 Å². The number of amides is 2. The zero-order chi connectivity index (χ0) is 13.0. The predicted octanol–water partition coefficient (Wildman–Crippen LogP) is 0.525. The molecule has 0 atom stereocenters. The molecule has 0 heterocycles. The number of nitrogens with two attached hydrogens (primary N) is 2. The molecule has 17 heavy (non-hydrogen) atoms. The van der Waals surface area contributed by atoms with Crippen LogP contribution in [0.3, 0.4) is 0 Å². The lowest BCUT2D eigenvalue weighted by molar-refractivity contribution is -0.118. The third kappa shape index (κ3) is 2.96. The first kappa shape index (κ1) is 13.0. The van der Waals surface area contributed by atoms with E-state index < -0.39 is 5.91 Å². The first-order valence-electron chi connectivity index (χ1n) is 5.40. The lowest BCUT2D eigenvalue weighted by Crippen LogP contribution is -2.38. The second kappa shape index (κ2) is 5.34. The summed E-state index contributed by atoms with van der Waals surface area (Å²) in [7, 11) is 0. The second-order valence-electron chi connectivity index (χ2n) is 3.81. The summed E-state index contributed by atoms with van der Waals surface area (Å²) in [6.45, 7) is 3.92. The Morgan fingerprint density at radius 1 is 1.35 bits per heavy atom. The van der Waals surface area contributed by atoms with Crippen LogP contribution in [0.5, 0.6) is 0 Å². The zero-order valence-electron chi connectivity index (χ0n) is 10.1. The van der Waals surface area contributed by atoms with E-state index in [0.29, 0.717) is 17.8 Å². The highest BCUT2D eigenvalue weighted by molar-refractivity contribution is 5.98. The molecule has 0 aliphatic heterocycles. The van der Waals surface area contributed by atoms with Gasteiger partial charge in [-0.05, 0) is 31.5 Å². The fraction of sp³-hybridized carbons (Fsp3) is 0.333. The Balaban J connectivity index is 3.02. The highest BCUT2D eigenvalue weighted by Crippen LogP contribution is 2.17. The third-order valence-corrected chi connectivity index (χ3v) is 2.62. The van der Waals surface area contributed by atoms with Crippen LogP contribution in [0.1, 0.15) is 22.8 Å². The van der Waals surface area contributed by atoms with Crippen LogP contribution in [0.4, 0.5) is 5.69 Å². The number of hydrogen-bond donors (Lipinski definition) is 2. The van der Waals surface area contributed by atoms with Crippen molar-refractivity contribution in [3.05, 3.63) is 29.3 Å². The Morgan fingerprint density at radius 2 is 2.00 bits per heavy atom. The van der Waals surface area contributed by atoms with E-state index in [-0.39, 0.29) is 12.5 Å². The van der Waals surface area contributed by atoms with E-state index in [1.807, 2.05) is 0 Å². The molecule has 0 aliphatic rings. The van der Waals surface area contributed by atoms with Gasteiger partial charge in [0.15, 0.2) is 0 Å². The number of hydrogen-bond acceptors (Lipinski definition) is 3. The van der Waals surface area contributed by atoms with Crippen molar-refractivity contribution in [3.8, 4) is 0 Å². The van der Waals surface area contributed by atoms with Gasteiger partial charge in [0.05, 0.1) is 6.54 Å². The van der Waals surface area contributed by atoms with E-state index in [2.05, 4.69) is 0 Å². The van der Waals surface area contributed by atoms with Crippen LogP contribution in [-0.4, -0.2) is 29.8 Å². The molecule has 0 saturated carbocycles. The normalized spacial score (nSPS) is 10.0. The van der Waals surface area contributed by atoms with Crippen LogP contribution in [0.25, 0.3) is 0 Å². The van der Waals surface area contributed by atoms with E-state index in [9.17, 15) is 9.59 Å².